The zero-order valence-electron chi connectivity index (χ0n) is 18.0. The van der Waals surface area contributed by atoms with Gasteiger partial charge in [0.05, 0.1) is 35.1 Å². The Kier molecular flexibility index (Phi) is 6.38. The van der Waals surface area contributed by atoms with E-state index < -0.39 is 17.0 Å². The van der Waals surface area contributed by atoms with E-state index in [1.807, 2.05) is 18.5 Å². The Hall–Kier alpha value is -3.69. The molecule has 0 aliphatic rings. The van der Waals surface area contributed by atoms with Gasteiger partial charge in [0.25, 0.3) is 11.1 Å². The zero-order valence-corrected chi connectivity index (χ0v) is 18.0. The van der Waals surface area contributed by atoms with Gasteiger partial charge in [0.15, 0.2) is 0 Å². The Morgan fingerprint density at radius 2 is 1.81 bits per heavy atom. The van der Waals surface area contributed by atoms with Crippen molar-refractivity contribution in [2.45, 2.75) is 40.7 Å². The number of hydrogen-bond acceptors (Lipinski definition) is 5. The minimum Gasteiger partial charge on any atom is -0.347 e. The minimum atomic E-state index is -0.529. The molecule has 0 saturated heterocycles. The molecule has 2 aromatic heterocycles. The topological polar surface area (TPSA) is 142 Å². The van der Waals surface area contributed by atoms with E-state index in [1.54, 1.807) is 6.07 Å². The summed E-state index contributed by atoms with van der Waals surface area (Å²) in [6.45, 7) is 8.48. The Bertz CT molecular complexity index is 1250. The predicted octanol–water partition coefficient (Wildman–Crippen LogP) is 0.983. The molecular weight excluding hydrogens is 400 g/mol. The summed E-state index contributed by atoms with van der Waals surface area (Å²) >= 11 is 0. The van der Waals surface area contributed by atoms with Crippen LogP contribution < -0.4 is 21.8 Å². The summed E-state index contributed by atoms with van der Waals surface area (Å²) < 4.78 is 1.90. The van der Waals surface area contributed by atoms with E-state index in [-0.39, 0.29) is 35.3 Å². The highest BCUT2D eigenvalue weighted by atomic mass is 16.2. The van der Waals surface area contributed by atoms with Crippen molar-refractivity contribution < 1.29 is 9.59 Å². The molecule has 1 aromatic carbocycles. The molecule has 0 saturated carbocycles. The van der Waals surface area contributed by atoms with Gasteiger partial charge in [0.1, 0.15) is 0 Å². The number of amides is 2. The van der Waals surface area contributed by atoms with Gasteiger partial charge in [-0.25, -0.2) is 0 Å². The van der Waals surface area contributed by atoms with Crippen LogP contribution in [-0.2, 0) is 22.6 Å². The van der Waals surface area contributed by atoms with E-state index in [0.717, 1.165) is 23.5 Å². The number of carbonyl (C=O) groups is 2. The summed E-state index contributed by atoms with van der Waals surface area (Å²) in [4.78, 5) is 48.7. The monoisotopic (exact) mass is 426 g/mol. The number of benzene rings is 1. The second-order valence-electron chi connectivity index (χ2n) is 7.86. The van der Waals surface area contributed by atoms with Gasteiger partial charge in [-0.2, -0.15) is 5.10 Å². The van der Waals surface area contributed by atoms with Crippen LogP contribution in [0.3, 0.4) is 0 Å². The number of nitrogens with zero attached hydrogens (tertiary/aromatic N) is 2. The fourth-order valence-electron chi connectivity index (χ4n) is 3.44. The summed E-state index contributed by atoms with van der Waals surface area (Å²) in [5.74, 6) is -0.387. The lowest BCUT2D eigenvalue weighted by Gasteiger charge is -2.10. The van der Waals surface area contributed by atoms with E-state index in [4.69, 9.17) is 0 Å². The van der Waals surface area contributed by atoms with E-state index in [1.165, 1.54) is 12.1 Å². The molecule has 3 rings (SSSR count). The molecule has 4 N–H and O–H groups in total. The second kappa shape index (κ2) is 8.99. The average molecular weight is 426 g/mol. The lowest BCUT2D eigenvalue weighted by molar-refractivity contribution is -0.123. The van der Waals surface area contributed by atoms with Crippen LogP contribution in [0.5, 0.6) is 0 Å². The summed E-state index contributed by atoms with van der Waals surface area (Å²) in [6.07, 6.45) is 0.117. The molecule has 0 spiro atoms. The Morgan fingerprint density at radius 3 is 2.52 bits per heavy atom. The molecule has 0 fully saturated rings. The van der Waals surface area contributed by atoms with Crippen LogP contribution >= 0.6 is 0 Å². The normalized spacial score (nSPS) is 11.1. The minimum absolute atomic E-state index is 0.0785. The first kappa shape index (κ1) is 22.0. The maximum atomic E-state index is 12.4. The Labute approximate surface area is 178 Å². The molecule has 0 atom stereocenters. The van der Waals surface area contributed by atoms with Gasteiger partial charge in [-0.05, 0) is 31.9 Å². The molecule has 3 aromatic rings. The summed E-state index contributed by atoms with van der Waals surface area (Å²) in [6, 6.07) is 4.57. The van der Waals surface area contributed by atoms with Gasteiger partial charge in [-0.1, -0.05) is 19.9 Å². The average Bonchev–Trinajstić information content (AvgIpc) is 2.96. The first-order valence-electron chi connectivity index (χ1n) is 10.0. The number of aromatic amines is 2. The third-order valence-corrected chi connectivity index (χ3v) is 4.95. The smallest absolute Gasteiger partial charge is 0.272 e. The molecule has 31 heavy (non-hydrogen) atoms. The van der Waals surface area contributed by atoms with Crippen molar-refractivity contribution in [3.8, 4) is 0 Å². The fraction of sp³-hybridized carbons (Fsp3) is 0.381. The van der Waals surface area contributed by atoms with Crippen LogP contribution in [0, 0.1) is 19.8 Å². The van der Waals surface area contributed by atoms with Crippen LogP contribution in [0.25, 0.3) is 10.8 Å². The van der Waals surface area contributed by atoms with Gasteiger partial charge >= 0.3 is 0 Å². The standard InChI is InChI=1S/C21H26N6O4/c1-11(2)10-27-13(4)15(12(3)26-27)8-17(28)22-9-18(29)23-16-7-5-6-14-19(16)21(31)25-24-20(14)30/h5-7,11H,8-10H2,1-4H3,(H,22,28)(H,23,29)(H,24,30)(H,25,31). The molecule has 2 amide bonds. The highest BCUT2D eigenvalue weighted by Gasteiger charge is 2.17. The molecule has 0 aliphatic carbocycles. The molecule has 10 heteroatoms. The number of carbonyl (C=O) groups excluding carboxylic acids is 2. The third-order valence-electron chi connectivity index (χ3n) is 4.95. The molecule has 2 heterocycles. The summed E-state index contributed by atoms with van der Waals surface area (Å²) in [7, 11) is 0. The number of aryl methyl sites for hydroxylation is 1. The van der Waals surface area contributed by atoms with Crippen molar-refractivity contribution in [3.05, 3.63) is 55.9 Å². The van der Waals surface area contributed by atoms with Crippen LogP contribution in [0.1, 0.15) is 30.8 Å². The number of fused-ring (bicyclic) bond motifs is 1. The third kappa shape index (κ3) is 4.90. The molecule has 10 nitrogen and oxygen atoms in total. The van der Waals surface area contributed by atoms with Gasteiger partial charge in [-0.15, -0.1) is 0 Å². The number of aromatic nitrogens is 4. The highest BCUT2D eigenvalue weighted by Crippen LogP contribution is 2.17. The van der Waals surface area contributed by atoms with Gasteiger partial charge in [-0.3, -0.25) is 34.1 Å². The van der Waals surface area contributed by atoms with Crippen LogP contribution in [0.4, 0.5) is 5.69 Å². The lowest BCUT2D eigenvalue weighted by atomic mass is 10.1. The summed E-state index contributed by atoms with van der Waals surface area (Å²) in [5, 5.41) is 14.4. The SMILES string of the molecule is Cc1nn(CC(C)C)c(C)c1CC(=O)NCC(=O)Nc1cccc2c(=O)[nH][nH]c(=O)c12. The van der Waals surface area contributed by atoms with Crippen LogP contribution in [0.15, 0.2) is 27.8 Å². The maximum Gasteiger partial charge on any atom is 0.272 e. The number of rotatable bonds is 7. The quantitative estimate of drug-likeness (QED) is 0.446. The van der Waals surface area contributed by atoms with Gasteiger partial charge in [0.2, 0.25) is 11.8 Å². The number of hydrogen-bond donors (Lipinski definition) is 4. The number of anilines is 1. The Morgan fingerprint density at radius 1 is 1.10 bits per heavy atom. The first-order valence-corrected chi connectivity index (χ1v) is 10.0. The highest BCUT2D eigenvalue weighted by molar-refractivity contribution is 6.02. The van der Waals surface area contributed by atoms with Gasteiger partial charge < -0.3 is 10.6 Å². The van der Waals surface area contributed by atoms with Crippen molar-refractivity contribution in [1.82, 2.24) is 25.3 Å². The van der Waals surface area contributed by atoms with Crippen molar-refractivity contribution in [1.29, 1.82) is 0 Å². The van der Waals surface area contributed by atoms with Crippen molar-refractivity contribution in [2.75, 3.05) is 11.9 Å². The zero-order chi connectivity index (χ0) is 22.7. The summed E-state index contributed by atoms with van der Waals surface area (Å²) in [5.41, 5.74) is 1.77. The van der Waals surface area contributed by atoms with E-state index in [0.29, 0.717) is 5.92 Å². The maximum absolute atomic E-state index is 12.4. The Balaban J connectivity index is 1.65. The molecule has 0 aliphatic heterocycles. The van der Waals surface area contributed by atoms with E-state index >= 15 is 0 Å². The molecule has 164 valence electrons. The van der Waals surface area contributed by atoms with Crippen LogP contribution in [0.2, 0.25) is 0 Å². The predicted molar refractivity (Wildman–Crippen MR) is 117 cm³/mol. The second-order valence-corrected chi connectivity index (χ2v) is 7.86. The van der Waals surface area contributed by atoms with Crippen LogP contribution in [-0.4, -0.2) is 38.3 Å². The number of H-pyrrole nitrogens is 2. The van der Waals surface area contributed by atoms with E-state index in [9.17, 15) is 19.2 Å². The number of nitrogens with one attached hydrogen (secondary N) is 4. The largest absolute Gasteiger partial charge is 0.347 e. The van der Waals surface area contributed by atoms with Crippen molar-refractivity contribution in [2.24, 2.45) is 5.92 Å². The van der Waals surface area contributed by atoms with E-state index in [2.05, 4.69) is 39.8 Å². The van der Waals surface area contributed by atoms with Gasteiger partial charge in [0, 0.05) is 17.8 Å². The molecule has 0 unspecified atom stereocenters. The molecule has 0 radical (unpaired) electrons. The van der Waals surface area contributed by atoms with Crippen molar-refractivity contribution in [3.63, 3.8) is 0 Å². The molecular formula is C21H26N6O4. The first-order chi connectivity index (χ1) is 14.7. The molecule has 0 bridgehead atoms. The fourth-order valence-corrected chi connectivity index (χ4v) is 3.44. The van der Waals surface area contributed by atoms with Crippen molar-refractivity contribution >= 4 is 28.3 Å². The lowest BCUT2D eigenvalue weighted by Crippen LogP contribution is -2.34.